The van der Waals surface area contributed by atoms with Crippen LogP contribution in [0.3, 0.4) is 0 Å². The molecule has 0 aliphatic rings. The molecule has 8 heteroatoms. The molecule has 0 atom stereocenters. The Morgan fingerprint density at radius 2 is 2.20 bits per heavy atom. The molecule has 7 nitrogen and oxygen atoms in total. The zero-order chi connectivity index (χ0) is 14.5. The fourth-order valence-electron chi connectivity index (χ4n) is 1.53. The lowest BCUT2D eigenvalue weighted by Gasteiger charge is -2.09. The van der Waals surface area contributed by atoms with Crippen LogP contribution in [0.5, 0.6) is 0 Å². The Kier molecular flexibility index (Phi) is 4.36. The molecule has 0 radical (unpaired) electrons. The molecule has 0 saturated carbocycles. The summed E-state index contributed by atoms with van der Waals surface area (Å²) >= 11 is 3.23. The number of anilines is 1. The van der Waals surface area contributed by atoms with Crippen molar-refractivity contribution in [3.63, 3.8) is 0 Å². The molecule has 0 bridgehead atoms. The van der Waals surface area contributed by atoms with Gasteiger partial charge in [0.2, 0.25) is 0 Å². The average molecular weight is 339 g/mol. The number of aromatic amines is 1. The van der Waals surface area contributed by atoms with Crippen LogP contribution in [-0.4, -0.2) is 27.1 Å². The number of rotatable bonds is 4. The van der Waals surface area contributed by atoms with Gasteiger partial charge in [-0.25, -0.2) is 14.6 Å². The van der Waals surface area contributed by atoms with Crippen molar-refractivity contribution in [2.75, 3.05) is 5.32 Å². The fraction of sp³-hybridized carbons (Fsp3) is 0.0833. The van der Waals surface area contributed by atoms with Gasteiger partial charge in [0.05, 0.1) is 17.8 Å². The Bertz CT molecular complexity index is 628. The van der Waals surface area contributed by atoms with E-state index in [-0.39, 0.29) is 17.8 Å². The van der Waals surface area contributed by atoms with Crippen LogP contribution in [0.2, 0.25) is 0 Å². The van der Waals surface area contributed by atoms with E-state index in [1.807, 2.05) is 0 Å². The Hall–Kier alpha value is -2.35. The summed E-state index contributed by atoms with van der Waals surface area (Å²) in [6, 6.07) is 4.02. The fourth-order valence-corrected chi connectivity index (χ4v) is 1.89. The summed E-state index contributed by atoms with van der Waals surface area (Å²) in [5.74, 6) is -0.508. The number of hydrogen-bond donors (Lipinski definition) is 4. The molecular formula is C12H11BrN4O3. The van der Waals surface area contributed by atoms with E-state index in [2.05, 4.69) is 36.5 Å². The minimum Gasteiger partial charge on any atom is -0.478 e. The highest BCUT2D eigenvalue weighted by Gasteiger charge is 2.12. The van der Waals surface area contributed by atoms with Crippen molar-refractivity contribution in [2.24, 2.45) is 0 Å². The maximum absolute atomic E-state index is 11.7. The number of carboxylic acid groups (broad SMARTS) is 1. The lowest BCUT2D eigenvalue weighted by atomic mass is 10.2. The maximum atomic E-state index is 11.7. The lowest BCUT2D eigenvalue weighted by molar-refractivity contribution is 0.0698. The number of nitrogens with zero attached hydrogens (tertiary/aromatic N) is 1. The van der Waals surface area contributed by atoms with E-state index < -0.39 is 12.0 Å². The molecule has 4 N–H and O–H groups in total. The lowest BCUT2D eigenvalue weighted by Crippen LogP contribution is -2.29. The first-order chi connectivity index (χ1) is 9.56. The van der Waals surface area contributed by atoms with Gasteiger partial charge in [-0.15, -0.1) is 0 Å². The third-order valence-electron chi connectivity index (χ3n) is 2.43. The van der Waals surface area contributed by atoms with Gasteiger partial charge in [-0.05, 0) is 18.2 Å². The van der Waals surface area contributed by atoms with E-state index in [4.69, 9.17) is 5.11 Å². The van der Waals surface area contributed by atoms with Gasteiger partial charge in [0.1, 0.15) is 5.82 Å². The molecule has 0 aliphatic carbocycles. The highest BCUT2D eigenvalue weighted by molar-refractivity contribution is 9.10. The van der Waals surface area contributed by atoms with Crippen LogP contribution in [0, 0.1) is 0 Å². The smallest absolute Gasteiger partial charge is 0.337 e. The summed E-state index contributed by atoms with van der Waals surface area (Å²) in [6.07, 6.45) is 3.22. The minimum atomic E-state index is -1.11. The SMILES string of the molecule is O=C(NCc1ncc[nH]1)Nc1cc(Br)ccc1C(=O)O. The van der Waals surface area contributed by atoms with Gasteiger partial charge >= 0.3 is 12.0 Å². The van der Waals surface area contributed by atoms with Crippen LogP contribution < -0.4 is 10.6 Å². The predicted molar refractivity (Wildman–Crippen MR) is 75.5 cm³/mol. The van der Waals surface area contributed by atoms with Crippen LogP contribution in [0.4, 0.5) is 10.5 Å². The van der Waals surface area contributed by atoms with Gasteiger partial charge in [-0.2, -0.15) is 0 Å². The van der Waals surface area contributed by atoms with Crippen LogP contribution in [0.15, 0.2) is 35.1 Å². The van der Waals surface area contributed by atoms with Crippen LogP contribution >= 0.6 is 15.9 Å². The largest absolute Gasteiger partial charge is 0.478 e. The van der Waals surface area contributed by atoms with E-state index in [0.717, 1.165) is 0 Å². The number of hydrogen-bond acceptors (Lipinski definition) is 3. The Balaban J connectivity index is 2.03. The number of imidazole rings is 1. The molecule has 0 saturated heterocycles. The van der Waals surface area contributed by atoms with Crippen molar-refractivity contribution in [2.45, 2.75) is 6.54 Å². The van der Waals surface area contributed by atoms with E-state index in [9.17, 15) is 9.59 Å². The standard InChI is InChI=1S/C12H11BrN4O3/c13-7-1-2-8(11(18)19)9(5-7)17-12(20)16-6-10-14-3-4-15-10/h1-5H,6H2,(H,14,15)(H,18,19)(H2,16,17,20). The van der Waals surface area contributed by atoms with Crippen molar-refractivity contribution in [3.8, 4) is 0 Å². The number of nitrogens with one attached hydrogen (secondary N) is 3. The highest BCUT2D eigenvalue weighted by atomic mass is 79.9. The predicted octanol–water partition coefficient (Wildman–Crippen LogP) is 2.19. The number of carbonyl (C=O) groups is 2. The van der Waals surface area contributed by atoms with Crippen molar-refractivity contribution < 1.29 is 14.7 Å². The molecule has 0 spiro atoms. The second-order valence-electron chi connectivity index (χ2n) is 3.84. The monoisotopic (exact) mass is 338 g/mol. The summed E-state index contributed by atoms with van der Waals surface area (Å²) in [7, 11) is 0. The van der Waals surface area contributed by atoms with Crippen molar-refractivity contribution in [3.05, 3.63) is 46.5 Å². The third-order valence-corrected chi connectivity index (χ3v) is 2.92. The number of H-pyrrole nitrogens is 1. The number of carbonyl (C=O) groups excluding carboxylic acids is 1. The normalized spacial score (nSPS) is 10.1. The molecule has 104 valence electrons. The summed E-state index contributed by atoms with van der Waals surface area (Å²) in [5.41, 5.74) is 0.227. The molecule has 0 unspecified atom stereocenters. The molecule has 2 aromatic rings. The molecule has 1 aromatic carbocycles. The topological polar surface area (TPSA) is 107 Å². The van der Waals surface area contributed by atoms with Crippen LogP contribution in [0.1, 0.15) is 16.2 Å². The Labute approximate surface area is 122 Å². The number of carboxylic acids is 1. The molecule has 20 heavy (non-hydrogen) atoms. The van der Waals surface area contributed by atoms with Gasteiger partial charge in [0, 0.05) is 16.9 Å². The highest BCUT2D eigenvalue weighted by Crippen LogP contribution is 2.21. The number of benzene rings is 1. The van der Waals surface area contributed by atoms with Gasteiger partial charge in [-0.1, -0.05) is 15.9 Å². The average Bonchev–Trinajstić information content (AvgIpc) is 2.89. The van der Waals surface area contributed by atoms with E-state index in [1.54, 1.807) is 18.5 Å². The van der Waals surface area contributed by atoms with Crippen LogP contribution in [-0.2, 0) is 6.54 Å². The number of aromatic nitrogens is 2. The Morgan fingerprint density at radius 1 is 1.40 bits per heavy atom. The summed E-state index contributed by atoms with van der Waals surface area (Å²) < 4.78 is 0.670. The number of aromatic carboxylic acids is 1. The first-order valence-electron chi connectivity index (χ1n) is 5.62. The van der Waals surface area contributed by atoms with E-state index in [0.29, 0.717) is 10.3 Å². The number of halogens is 1. The first-order valence-corrected chi connectivity index (χ1v) is 6.41. The molecule has 1 heterocycles. The van der Waals surface area contributed by atoms with Crippen molar-refractivity contribution in [1.82, 2.24) is 15.3 Å². The van der Waals surface area contributed by atoms with Crippen LogP contribution in [0.25, 0.3) is 0 Å². The second-order valence-corrected chi connectivity index (χ2v) is 4.75. The van der Waals surface area contributed by atoms with E-state index in [1.165, 1.54) is 12.1 Å². The van der Waals surface area contributed by atoms with E-state index >= 15 is 0 Å². The zero-order valence-corrected chi connectivity index (χ0v) is 11.8. The van der Waals surface area contributed by atoms with Gasteiger partial charge in [0.25, 0.3) is 0 Å². The van der Waals surface area contributed by atoms with Gasteiger partial charge in [-0.3, -0.25) is 0 Å². The maximum Gasteiger partial charge on any atom is 0.337 e. The van der Waals surface area contributed by atoms with Crippen molar-refractivity contribution >= 4 is 33.6 Å². The quantitative estimate of drug-likeness (QED) is 0.685. The molecule has 0 fully saturated rings. The second kappa shape index (κ2) is 6.20. The van der Waals surface area contributed by atoms with Gasteiger partial charge < -0.3 is 20.7 Å². The zero-order valence-electron chi connectivity index (χ0n) is 10.2. The molecule has 2 amide bonds. The minimum absolute atomic E-state index is 0.0151. The first kappa shape index (κ1) is 14.1. The molecular weight excluding hydrogens is 328 g/mol. The Morgan fingerprint density at radius 3 is 2.85 bits per heavy atom. The van der Waals surface area contributed by atoms with Gasteiger partial charge in [0.15, 0.2) is 0 Å². The molecule has 1 aromatic heterocycles. The number of amides is 2. The summed E-state index contributed by atoms with van der Waals surface area (Å²) in [5, 5.41) is 14.1. The summed E-state index contributed by atoms with van der Waals surface area (Å²) in [4.78, 5) is 29.6. The third kappa shape index (κ3) is 3.58. The van der Waals surface area contributed by atoms with Crippen molar-refractivity contribution in [1.29, 1.82) is 0 Å². The summed E-state index contributed by atoms with van der Waals surface area (Å²) in [6.45, 7) is 0.218. The molecule has 0 aliphatic heterocycles. The molecule has 2 rings (SSSR count). The number of urea groups is 1.